The van der Waals surface area contributed by atoms with Crippen LogP contribution in [-0.2, 0) is 11.4 Å². The summed E-state index contributed by atoms with van der Waals surface area (Å²) in [6, 6.07) is 11.7. The van der Waals surface area contributed by atoms with Gasteiger partial charge in [-0.05, 0) is 49.2 Å². The van der Waals surface area contributed by atoms with Crippen molar-refractivity contribution >= 4 is 23.3 Å². The molecule has 0 heterocycles. The molecule has 0 atom stereocenters. The summed E-state index contributed by atoms with van der Waals surface area (Å²) in [5.41, 5.74) is 7.43. The lowest BCUT2D eigenvalue weighted by Crippen LogP contribution is -2.11. The molecule has 0 aliphatic heterocycles. The molecule has 0 aromatic heterocycles. The van der Waals surface area contributed by atoms with Gasteiger partial charge in [0.05, 0.1) is 5.56 Å². The van der Waals surface area contributed by atoms with Crippen molar-refractivity contribution in [2.24, 2.45) is 5.73 Å². The van der Waals surface area contributed by atoms with Gasteiger partial charge in [0.25, 0.3) is 0 Å². The highest BCUT2D eigenvalue weighted by Crippen LogP contribution is 2.25. The second-order valence-corrected chi connectivity index (χ2v) is 5.92. The van der Waals surface area contributed by atoms with Gasteiger partial charge in [-0.25, -0.2) is 0 Å². The summed E-state index contributed by atoms with van der Waals surface area (Å²) in [5.74, 6) is -0.303. The molecule has 2 rings (SSSR count). The van der Waals surface area contributed by atoms with Crippen molar-refractivity contribution in [1.29, 1.82) is 0 Å². The highest BCUT2D eigenvalue weighted by molar-refractivity contribution is 5.99. The predicted molar refractivity (Wildman–Crippen MR) is 99.3 cm³/mol. The van der Waals surface area contributed by atoms with Crippen LogP contribution in [-0.4, -0.2) is 17.6 Å². The van der Waals surface area contributed by atoms with Crippen molar-refractivity contribution in [2.45, 2.75) is 33.3 Å². The molecule has 3 N–H and O–H groups in total. The first-order valence-corrected chi connectivity index (χ1v) is 8.37. The number of ketones is 1. The van der Waals surface area contributed by atoms with E-state index in [-0.39, 0.29) is 18.3 Å². The van der Waals surface area contributed by atoms with Crippen LogP contribution < -0.4 is 15.8 Å². The lowest BCUT2D eigenvalue weighted by molar-refractivity contribution is -0.116. The van der Waals surface area contributed by atoms with Crippen LogP contribution >= 0.6 is 0 Å². The van der Waals surface area contributed by atoms with Crippen LogP contribution in [0.15, 0.2) is 42.5 Å². The van der Waals surface area contributed by atoms with Gasteiger partial charge >= 0.3 is 0 Å². The first kappa shape index (κ1) is 19.2. The van der Waals surface area contributed by atoms with Gasteiger partial charge in [0.1, 0.15) is 12.4 Å². The summed E-state index contributed by atoms with van der Waals surface area (Å²) >= 11 is 0. The number of hydrogen-bond acceptors (Lipinski definition) is 4. The SMILES string of the molecule is CCCC(=O)Nc1ccc(OCc2ccc(C(N)=O)cc2)c(C(C)=O)c1. The van der Waals surface area contributed by atoms with Gasteiger partial charge in [-0.15, -0.1) is 0 Å². The number of rotatable bonds is 8. The number of carbonyl (C=O) groups is 3. The molecule has 2 amide bonds. The molecule has 0 fully saturated rings. The zero-order valence-electron chi connectivity index (χ0n) is 14.9. The maximum absolute atomic E-state index is 11.9. The van der Waals surface area contributed by atoms with E-state index in [9.17, 15) is 14.4 Å². The van der Waals surface area contributed by atoms with Gasteiger partial charge < -0.3 is 15.8 Å². The molecule has 0 saturated heterocycles. The Bertz CT molecular complexity index is 813. The van der Waals surface area contributed by atoms with E-state index in [1.807, 2.05) is 6.92 Å². The van der Waals surface area contributed by atoms with Crippen molar-refractivity contribution in [3.05, 3.63) is 59.2 Å². The second kappa shape index (κ2) is 8.80. The standard InChI is InChI=1S/C20H22N2O4/c1-3-4-19(24)22-16-9-10-18(17(11-16)13(2)23)26-12-14-5-7-15(8-6-14)20(21)25/h5-11H,3-4,12H2,1-2H3,(H2,21,25)(H,22,24). The van der Waals surface area contributed by atoms with Crippen LogP contribution in [0.4, 0.5) is 5.69 Å². The molecule has 0 radical (unpaired) electrons. The summed E-state index contributed by atoms with van der Waals surface area (Å²) < 4.78 is 5.74. The molecule has 0 unspecified atom stereocenters. The van der Waals surface area contributed by atoms with Gasteiger partial charge in [0.2, 0.25) is 11.8 Å². The molecule has 0 aliphatic rings. The Morgan fingerprint density at radius 3 is 2.35 bits per heavy atom. The van der Waals surface area contributed by atoms with E-state index in [1.165, 1.54) is 6.92 Å². The van der Waals surface area contributed by atoms with E-state index in [1.54, 1.807) is 42.5 Å². The zero-order chi connectivity index (χ0) is 19.1. The molecule has 136 valence electrons. The van der Waals surface area contributed by atoms with Gasteiger partial charge in [0, 0.05) is 17.7 Å². The van der Waals surface area contributed by atoms with Gasteiger partial charge in [0.15, 0.2) is 5.78 Å². The van der Waals surface area contributed by atoms with Crippen LogP contribution in [0.2, 0.25) is 0 Å². The van der Waals surface area contributed by atoms with E-state index >= 15 is 0 Å². The minimum atomic E-state index is -0.489. The third-order valence-corrected chi connectivity index (χ3v) is 3.75. The number of primary amides is 1. The Balaban J connectivity index is 2.11. The number of amides is 2. The van der Waals surface area contributed by atoms with Crippen molar-refractivity contribution in [3.8, 4) is 5.75 Å². The molecular weight excluding hydrogens is 332 g/mol. The van der Waals surface area contributed by atoms with Crippen molar-refractivity contribution in [1.82, 2.24) is 0 Å². The topological polar surface area (TPSA) is 98.5 Å². The molecule has 26 heavy (non-hydrogen) atoms. The molecular formula is C20H22N2O4. The van der Waals surface area contributed by atoms with E-state index in [0.717, 1.165) is 12.0 Å². The minimum absolute atomic E-state index is 0.0924. The largest absolute Gasteiger partial charge is 0.488 e. The molecule has 0 saturated carbocycles. The Kier molecular flexibility index (Phi) is 6.49. The Morgan fingerprint density at radius 2 is 1.77 bits per heavy atom. The normalized spacial score (nSPS) is 10.2. The van der Waals surface area contributed by atoms with E-state index in [0.29, 0.717) is 29.0 Å². The number of nitrogens with one attached hydrogen (secondary N) is 1. The summed E-state index contributed by atoms with van der Waals surface area (Å²) in [6.45, 7) is 3.61. The fraction of sp³-hybridized carbons (Fsp3) is 0.250. The lowest BCUT2D eigenvalue weighted by atomic mass is 10.1. The quantitative estimate of drug-likeness (QED) is 0.711. The number of carbonyl (C=O) groups excluding carboxylic acids is 3. The number of ether oxygens (including phenoxy) is 1. The molecule has 2 aromatic carbocycles. The minimum Gasteiger partial charge on any atom is -0.488 e. The van der Waals surface area contributed by atoms with Crippen LogP contribution in [0.5, 0.6) is 5.75 Å². The maximum atomic E-state index is 11.9. The zero-order valence-corrected chi connectivity index (χ0v) is 14.9. The Morgan fingerprint density at radius 1 is 1.08 bits per heavy atom. The van der Waals surface area contributed by atoms with Crippen molar-refractivity contribution < 1.29 is 19.1 Å². The summed E-state index contributed by atoms with van der Waals surface area (Å²) in [5, 5.41) is 2.77. The predicted octanol–water partition coefficient (Wildman–Crippen LogP) is 3.31. The first-order chi connectivity index (χ1) is 12.4. The molecule has 0 aliphatic carbocycles. The highest BCUT2D eigenvalue weighted by Gasteiger charge is 2.12. The summed E-state index contributed by atoms with van der Waals surface area (Å²) in [4.78, 5) is 34.7. The molecule has 6 nitrogen and oxygen atoms in total. The van der Waals surface area contributed by atoms with E-state index < -0.39 is 5.91 Å². The molecule has 0 bridgehead atoms. The fourth-order valence-electron chi connectivity index (χ4n) is 2.39. The number of Topliss-reactive ketones (excluding diaryl/α,β-unsaturated/α-hetero) is 1. The fourth-order valence-corrected chi connectivity index (χ4v) is 2.39. The number of hydrogen-bond donors (Lipinski definition) is 2. The van der Waals surface area contributed by atoms with Crippen molar-refractivity contribution in [2.75, 3.05) is 5.32 Å². The molecule has 0 spiro atoms. The van der Waals surface area contributed by atoms with E-state index in [4.69, 9.17) is 10.5 Å². The van der Waals surface area contributed by atoms with Crippen LogP contribution in [0.1, 0.15) is 53.0 Å². The number of anilines is 1. The average Bonchev–Trinajstić information content (AvgIpc) is 2.61. The van der Waals surface area contributed by atoms with Gasteiger partial charge in [-0.3, -0.25) is 14.4 Å². The average molecular weight is 354 g/mol. The van der Waals surface area contributed by atoms with Crippen LogP contribution in [0.25, 0.3) is 0 Å². The molecule has 6 heteroatoms. The summed E-state index contributed by atoms with van der Waals surface area (Å²) in [6.07, 6.45) is 1.18. The van der Waals surface area contributed by atoms with Crippen LogP contribution in [0, 0.1) is 0 Å². The van der Waals surface area contributed by atoms with Crippen molar-refractivity contribution in [3.63, 3.8) is 0 Å². The maximum Gasteiger partial charge on any atom is 0.248 e. The molecule has 2 aromatic rings. The van der Waals surface area contributed by atoms with Gasteiger partial charge in [-0.1, -0.05) is 19.1 Å². The monoisotopic (exact) mass is 354 g/mol. The number of nitrogens with two attached hydrogens (primary N) is 1. The summed E-state index contributed by atoms with van der Waals surface area (Å²) in [7, 11) is 0. The number of benzene rings is 2. The highest BCUT2D eigenvalue weighted by atomic mass is 16.5. The smallest absolute Gasteiger partial charge is 0.248 e. The Hall–Kier alpha value is -3.15. The lowest BCUT2D eigenvalue weighted by Gasteiger charge is -2.12. The second-order valence-electron chi connectivity index (χ2n) is 5.92. The third-order valence-electron chi connectivity index (χ3n) is 3.75. The van der Waals surface area contributed by atoms with Gasteiger partial charge in [-0.2, -0.15) is 0 Å². The van der Waals surface area contributed by atoms with Crippen LogP contribution in [0.3, 0.4) is 0 Å². The Labute approximate surface area is 152 Å². The first-order valence-electron chi connectivity index (χ1n) is 8.37. The third kappa shape index (κ3) is 5.17. The van der Waals surface area contributed by atoms with E-state index in [2.05, 4.69) is 5.32 Å².